The summed E-state index contributed by atoms with van der Waals surface area (Å²) in [6.45, 7) is 0. The van der Waals surface area contributed by atoms with Crippen LogP contribution < -0.4 is 0 Å². The Hall–Kier alpha value is -2.95. The number of carbonyl (C=O) groups excluding carboxylic acids is 2. The summed E-state index contributed by atoms with van der Waals surface area (Å²) in [4.78, 5) is 35.0. The van der Waals surface area contributed by atoms with E-state index in [1.807, 2.05) is 6.07 Å². The van der Waals surface area contributed by atoms with E-state index < -0.39 is 0 Å². The first-order chi connectivity index (χ1) is 9.75. The molecule has 0 bridgehead atoms. The minimum atomic E-state index is -0.215. The largest absolute Gasteiger partial charge is 0.367 e. The summed E-state index contributed by atoms with van der Waals surface area (Å²) in [6.07, 6.45) is 3.52. The van der Waals surface area contributed by atoms with Crippen LogP contribution in [0.3, 0.4) is 0 Å². The van der Waals surface area contributed by atoms with Gasteiger partial charge >= 0.3 is 0 Å². The Morgan fingerprint density at radius 3 is 2.40 bits per heavy atom. The number of aromatic amines is 2. The van der Waals surface area contributed by atoms with Crippen LogP contribution in [-0.2, 0) is 0 Å². The summed E-state index contributed by atoms with van der Waals surface area (Å²) in [6, 6.07) is 8.64. The molecule has 2 N–H and O–H groups in total. The molecule has 96 valence electrons. The zero-order valence-corrected chi connectivity index (χ0v) is 10.3. The second kappa shape index (κ2) is 3.77. The van der Waals surface area contributed by atoms with Gasteiger partial charge in [0.25, 0.3) is 0 Å². The predicted octanol–water partition coefficient (Wildman–Crippen LogP) is 2.18. The highest BCUT2D eigenvalue weighted by Gasteiger charge is 2.33. The molecule has 1 aliphatic carbocycles. The van der Waals surface area contributed by atoms with E-state index in [9.17, 15) is 9.59 Å². The minimum absolute atomic E-state index is 0.190. The predicted molar refractivity (Wildman–Crippen MR) is 71.7 cm³/mol. The van der Waals surface area contributed by atoms with Crippen molar-refractivity contribution in [2.24, 2.45) is 0 Å². The van der Waals surface area contributed by atoms with Crippen LogP contribution in [0, 0.1) is 0 Å². The summed E-state index contributed by atoms with van der Waals surface area (Å²) in [5.41, 5.74) is 2.12. The molecule has 0 atom stereocenters. The van der Waals surface area contributed by atoms with Gasteiger partial charge in [0.2, 0.25) is 11.6 Å². The molecule has 0 unspecified atom stereocenters. The Balaban J connectivity index is 1.94. The van der Waals surface area contributed by atoms with E-state index in [1.54, 1.807) is 36.7 Å². The highest BCUT2D eigenvalue weighted by atomic mass is 16.1. The van der Waals surface area contributed by atoms with E-state index in [1.165, 1.54) is 0 Å². The van der Waals surface area contributed by atoms with Crippen LogP contribution in [0.15, 0.2) is 42.7 Å². The van der Waals surface area contributed by atoms with Crippen LogP contribution in [-0.4, -0.2) is 26.5 Å². The fraction of sp³-hybridized carbons (Fsp3) is 0. The Bertz CT molecular complexity index is 791. The third-order valence-electron chi connectivity index (χ3n) is 3.43. The molecule has 0 saturated heterocycles. The number of aromatic nitrogens is 3. The second-order valence-corrected chi connectivity index (χ2v) is 4.61. The lowest BCUT2D eigenvalue weighted by Crippen LogP contribution is -2.20. The number of nitrogens with one attached hydrogen (secondary N) is 2. The smallest absolute Gasteiger partial charge is 0.214 e. The van der Waals surface area contributed by atoms with Gasteiger partial charge in [0, 0.05) is 29.1 Å². The fourth-order valence-corrected chi connectivity index (χ4v) is 2.45. The molecule has 1 aromatic carbocycles. The van der Waals surface area contributed by atoms with Gasteiger partial charge in [0.1, 0.15) is 17.2 Å². The van der Waals surface area contributed by atoms with E-state index >= 15 is 0 Å². The van der Waals surface area contributed by atoms with Crippen molar-refractivity contribution in [3.8, 4) is 11.4 Å². The first-order valence-electron chi connectivity index (χ1n) is 6.17. The van der Waals surface area contributed by atoms with Crippen LogP contribution in [0.25, 0.3) is 11.4 Å². The zero-order valence-electron chi connectivity index (χ0n) is 10.3. The van der Waals surface area contributed by atoms with Crippen molar-refractivity contribution in [2.75, 3.05) is 0 Å². The third-order valence-corrected chi connectivity index (χ3v) is 3.43. The normalized spacial score (nSPS) is 13.2. The van der Waals surface area contributed by atoms with Crippen molar-refractivity contribution in [1.29, 1.82) is 0 Å². The number of ketones is 2. The van der Waals surface area contributed by atoms with Gasteiger partial charge in [-0.05, 0) is 6.07 Å². The molecule has 0 aliphatic heterocycles. The maximum atomic E-state index is 12.4. The van der Waals surface area contributed by atoms with E-state index in [2.05, 4.69) is 15.0 Å². The van der Waals surface area contributed by atoms with Crippen molar-refractivity contribution >= 4 is 11.6 Å². The number of benzene rings is 1. The van der Waals surface area contributed by atoms with Gasteiger partial charge < -0.3 is 9.97 Å². The highest BCUT2D eigenvalue weighted by molar-refractivity contribution is 6.27. The van der Waals surface area contributed by atoms with E-state index in [0.717, 1.165) is 5.56 Å². The molecule has 20 heavy (non-hydrogen) atoms. The topological polar surface area (TPSA) is 78.6 Å². The number of H-pyrrole nitrogens is 2. The van der Waals surface area contributed by atoms with Gasteiger partial charge in [0.05, 0.1) is 0 Å². The Kier molecular flexibility index (Phi) is 2.06. The Morgan fingerprint density at radius 2 is 1.70 bits per heavy atom. The Labute approximate surface area is 113 Å². The monoisotopic (exact) mass is 263 g/mol. The Morgan fingerprint density at radius 1 is 0.950 bits per heavy atom. The molecule has 0 saturated carbocycles. The standard InChI is InChI=1S/C15H9N3O2/c19-13-9-3-1-2-4-10(9)14(20)12-11(13)17-15(18-12)8-5-6-16-7-8/h1-7,16H,(H,17,18). The van der Waals surface area contributed by atoms with Crippen LogP contribution in [0.5, 0.6) is 0 Å². The maximum absolute atomic E-state index is 12.4. The summed E-state index contributed by atoms with van der Waals surface area (Å²) >= 11 is 0. The molecule has 2 heterocycles. The van der Waals surface area contributed by atoms with E-state index in [0.29, 0.717) is 17.0 Å². The molecular formula is C15H9N3O2. The molecule has 2 aromatic heterocycles. The van der Waals surface area contributed by atoms with Crippen molar-refractivity contribution in [3.05, 3.63) is 65.2 Å². The molecule has 4 rings (SSSR count). The van der Waals surface area contributed by atoms with Crippen LogP contribution in [0.1, 0.15) is 32.1 Å². The van der Waals surface area contributed by atoms with Gasteiger partial charge in [0.15, 0.2) is 0 Å². The summed E-state index contributed by atoms with van der Waals surface area (Å²) < 4.78 is 0. The minimum Gasteiger partial charge on any atom is -0.367 e. The maximum Gasteiger partial charge on any atom is 0.214 e. The molecule has 0 radical (unpaired) electrons. The van der Waals surface area contributed by atoms with Gasteiger partial charge in [-0.3, -0.25) is 9.59 Å². The molecule has 5 heteroatoms. The lowest BCUT2D eigenvalue weighted by atomic mass is 9.90. The fourth-order valence-electron chi connectivity index (χ4n) is 2.45. The molecule has 5 nitrogen and oxygen atoms in total. The summed E-state index contributed by atoms with van der Waals surface area (Å²) in [7, 11) is 0. The van der Waals surface area contributed by atoms with Crippen molar-refractivity contribution in [2.45, 2.75) is 0 Å². The van der Waals surface area contributed by atoms with Gasteiger partial charge in [-0.2, -0.15) is 0 Å². The number of nitrogens with zero attached hydrogens (tertiary/aromatic N) is 1. The lowest BCUT2D eigenvalue weighted by molar-refractivity contribution is 0.0974. The zero-order chi connectivity index (χ0) is 13.7. The first-order valence-corrected chi connectivity index (χ1v) is 6.17. The molecule has 0 amide bonds. The van der Waals surface area contributed by atoms with Crippen LogP contribution in [0.4, 0.5) is 0 Å². The SMILES string of the molecule is O=C1c2ccccc2C(=O)c2[nH]c(-c3cc[nH]c3)nc21. The number of hydrogen-bond donors (Lipinski definition) is 2. The highest BCUT2D eigenvalue weighted by Crippen LogP contribution is 2.28. The van der Waals surface area contributed by atoms with Crippen LogP contribution in [0.2, 0.25) is 0 Å². The van der Waals surface area contributed by atoms with E-state index in [4.69, 9.17) is 0 Å². The van der Waals surface area contributed by atoms with Crippen molar-refractivity contribution in [1.82, 2.24) is 15.0 Å². The molecule has 0 spiro atoms. The number of hydrogen-bond acceptors (Lipinski definition) is 3. The first kappa shape index (κ1) is 10.9. The number of rotatable bonds is 1. The second-order valence-electron chi connectivity index (χ2n) is 4.61. The van der Waals surface area contributed by atoms with Crippen molar-refractivity contribution < 1.29 is 9.59 Å². The summed E-state index contributed by atoms with van der Waals surface area (Å²) in [5.74, 6) is 0.114. The average Bonchev–Trinajstić information content (AvgIpc) is 3.13. The number of carbonyl (C=O) groups is 2. The third kappa shape index (κ3) is 1.34. The van der Waals surface area contributed by atoms with Gasteiger partial charge in [-0.15, -0.1) is 0 Å². The molecule has 1 aliphatic rings. The van der Waals surface area contributed by atoms with Crippen molar-refractivity contribution in [3.63, 3.8) is 0 Å². The quantitative estimate of drug-likeness (QED) is 0.552. The lowest BCUT2D eigenvalue weighted by Gasteiger charge is -2.11. The molecule has 0 fully saturated rings. The van der Waals surface area contributed by atoms with Gasteiger partial charge in [-0.1, -0.05) is 24.3 Å². The van der Waals surface area contributed by atoms with Crippen LogP contribution >= 0.6 is 0 Å². The molecular weight excluding hydrogens is 254 g/mol. The molecule has 3 aromatic rings. The van der Waals surface area contributed by atoms with Gasteiger partial charge in [-0.25, -0.2) is 4.98 Å². The summed E-state index contributed by atoms with van der Waals surface area (Å²) in [5, 5.41) is 0. The average molecular weight is 263 g/mol. The van der Waals surface area contributed by atoms with E-state index in [-0.39, 0.29) is 23.0 Å². The number of fused-ring (bicyclic) bond motifs is 2. The number of imidazole rings is 1.